The predicted molar refractivity (Wildman–Crippen MR) is 85.3 cm³/mol. The summed E-state index contributed by atoms with van der Waals surface area (Å²) in [5.74, 6) is -0.385. The Morgan fingerprint density at radius 1 is 1.42 bits per heavy atom. The Balaban J connectivity index is 1.86. The molecule has 1 fully saturated rings. The fourth-order valence-electron chi connectivity index (χ4n) is 2.90. The van der Waals surface area contributed by atoms with Crippen LogP contribution in [0.2, 0.25) is 0 Å². The normalized spacial score (nSPS) is 29.2. The second kappa shape index (κ2) is 6.27. The van der Waals surface area contributed by atoms with Gasteiger partial charge in [-0.15, -0.1) is 0 Å². The Bertz CT molecular complexity index is 529. The van der Waals surface area contributed by atoms with Gasteiger partial charge in [0.2, 0.25) is 0 Å². The third kappa shape index (κ3) is 3.89. The SMILES string of the molecule is CC1(C)OCC(C(O)CNC(=O)OC2=CC(C)(C)N(O)C2(C)C)O1. The summed E-state index contributed by atoms with van der Waals surface area (Å²) in [6.45, 7) is 10.9. The zero-order valence-corrected chi connectivity index (χ0v) is 15.1. The number of hydroxylamine groups is 2. The number of rotatable bonds is 4. The van der Waals surface area contributed by atoms with Crippen LogP contribution in [0.5, 0.6) is 0 Å². The van der Waals surface area contributed by atoms with Crippen LogP contribution in [-0.2, 0) is 14.2 Å². The number of hydrogen-bond donors (Lipinski definition) is 3. The number of ether oxygens (including phenoxy) is 3. The van der Waals surface area contributed by atoms with E-state index in [0.717, 1.165) is 5.06 Å². The molecular formula is C16H28N2O6. The lowest BCUT2D eigenvalue weighted by Crippen LogP contribution is -2.48. The van der Waals surface area contributed by atoms with E-state index in [4.69, 9.17) is 14.2 Å². The smallest absolute Gasteiger partial charge is 0.412 e. The van der Waals surface area contributed by atoms with Crippen LogP contribution >= 0.6 is 0 Å². The van der Waals surface area contributed by atoms with Crippen LogP contribution in [0.3, 0.4) is 0 Å². The average molecular weight is 344 g/mol. The van der Waals surface area contributed by atoms with Crippen molar-refractivity contribution in [3.8, 4) is 0 Å². The van der Waals surface area contributed by atoms with Crippen LogP contribution in [0.15, 0.2) is 11.8 Å². The van der Waals surface area contributed by atoms with Gasteiger partial charge in [0, 0.05) is 6.54 Å². The van der Waals surface area contributed by atoms with Gasteiger partial charge in [-0.25, -0.2) is 4.79 Å². The molecule has 24 heavy (non-hydrogen) atoms. The first-order valence-corrected chi connectivity index (χ1v) is 8.03. The van der Waals surface area contributed by atoms with Gasteiger partial charge >= 0.3 is 6.09 Å². The molecule has 0 bridgehead atoms. The van der Waals surface area contributed by atoms with Crippen LogP contribution in [0.4, 0.5) is 4.79 Å². The first kappa shape index (κ1) is 19.1. The van der Waals surface area contributed by atoms with Crippen molar-refractivity contribution in [2.75, 3.05) is 13.2 Å². The fourth-order valence-corrected chi connectivity index (χ4v) is 2.90. The molecule has 0 aromatic rings. The van der Waals surface area contributed by atoms with Gasteiger partial charge in [0.05, 0.1) is 23.8 Å². The molecule has 0 saturated carbocycles. The van der Waals surface area contributed by atoms with Gasteiger partial charge in [0.25, 0.3) is 0 Å². The Morgan fingerprint density at radius 3 is 2.50 bits per heavy atom. The minimum Gasteiger partial charge on any atom is -0.413 e. The minimum absolute atomic E-state index is 0.0249. The molecule has 2 aliphatic rings. The van der Waals surface area contributed by atoms with Gasteiger partial charge in [0.15, 0.2) is 5.79 Å². The maximum absolute atomic E-state index is 12.0. The van der Waals surface area contributed by atoms with Gasteiger partial charge in [-0.1, -0.05) is 0 Å². The number of aliphatic hydroxyl groups is 1. The van der Waals surface area contributed by atoms with E-state index in [1.165, 1.54) is 0 Å². The van der Waals surface area contributed by atoms with Crippen molar-refractivity contribution in [1.29, 1.82) is 0 Å². The molecule has 1 amide bonds. The van der Waals surface area contributed by atoms with Crippen molar-refractivity contribution < 1.29 is 29.3 Å². The van der Waals surface area contributed by atoms with Crippen molar-refractivity contribution in [2.45, 2.75) is 70.6 Å². The lowest BCUT2D eigenvalue weighted by atomic mass is 10.1. The van der Waals surface area contributed by atoms with Crippen molar-refractivity contribution in [3.63, 3.8) is 0 Å². The second-order valence-corrected chi connectivity index (χ2v) is 7.74. The second-order valence-electron chi connectivity index (χ2n) is 7.74. The van der Waals surface area contributed by atoms with E-state index in [1.807, 2.05) is 13.8 Å². The van der Waals surface area contributed by atoms with Gasteiger partial charge < -0.3 is 29.8 Å². The van der Waals surface area contributed by atoms with Crippen LogP contribution in [0, 0.1) is 0 Å². The Hall–Kier alpha value is -1.19. The molecule has 2 heterocycles. The third-order valence-corrected chi connectivity index (χ3v) is 4.28. The van der Waals surface area contributed by atoms with Crippen molar-refractivity contribution in [2.24, 2.45) is 0 Å². The van der Waals surface area contributed by atoms with E-state index >= 15 is 0 Å². The van der Waals surface area contributed by atoms with E-state index < -0.39 is 35.2 Å². The number of carbonyl (C=O) groups is 1. The molecule has 2 rings (SSSR count). The summed E-state index contributed by atoms with van der Waals surface area (Å²) in [6, 6.07) is 0. The summed E-state index contributed by atoms with van der Waals surface area (Å²) >= 11 is 0. The van der Waals surface area contributed by atoms with Crippen molar-refractivity contribution in [3.05, 3.63) is 11.8 Å². The highest BCUT2D eigenvalue weighted by molar-refractivity contribution is 5.69. The number of amides is 1. The molecule has 2 atom stereocenters. The van der Waals surface area contributed by atoms with E-state index in [2.05, 4.69) is 5.32 Å². The van der Waals surface area contributed by atoms with Crippen LogP contribution in [0.1, 0.15) is 41.5 Å². The molecule has 2 unspecified atom stereocenters. The zero-order chi connectivity index (χ0) is 18.3. The summed E-state index contributed by atoms with van der Waals surface area (Å²) in [5, 5.41) is 23.9. The lowest BCUT2D eigenvalue weighted by molar-refractivity contribution is -0.190. The van der Waals surface area contributed by atoms with Gasteiger partial charge in [0.1, 0.15) is 11.9 Å². The first-order valence-electron chi connectivity index (χ1n) is 8.03. The largest absolute Gasteiger partial charge is 0.413 e. The summed E-state index contributed by atoms with van der Waals surface area (Å²) in [4.78, 5) is 12.0. The van der Waals surface area contributed by atoms with E-state index in [9.17, 15) is 15.1 Å². The zero-order valence-electron chi connectivity index (χ0n) is 15.1. The van der Waals surface area contributed by atoms with E-state index in [1.54, 1.807) is 33.8 Å². The van der Waals surface area contributed by atoms with Crippen LogP contribution in [0.25, 0.3) is 0 Å². The lowest BCUT2D eigenvalue weighted by Gasteiger charge is -2.35. The number of carbonyl (C=O) groups excluding carboxylic acids is 1. The summed E-state index contributed by atoms with van der Waals surface area (Å²) in [7, 11) is 0. The number of alkyl carbamates (subject to hydrolysis) is 1. The quantitative estimate of drug-likeness (QED) is 0.708. The van der Waals surface area contributed by atoms with Gasteiger partial charge in [-0.3, -0.25) is 0 Å². The monoisotopic (exact) mass is 344 g/mol. The van der Waals surface area contributed by atoms with Crippen molar-refractivity contribution >= 4 is 6.09 Å². The molecule has 0 radical (unpaired) electrons. The Morgan fingerprint density at radius 2 is 2.04 bits per heavy atom. The molecule has 3 N–H and O–H groups in total. The Labute approximate surface area is 142 Å². The van der Waals surface area contributed by atoms with Crippen molar-refractivity contribution in [1.82, 2.24) is 10.4 Å². The van der Waals surface area contributed by atoms with Gasteiger partial charge in [-0.05, 0) is 47.6 Å². The molecule has 8 heteroatoms. The molecule has 2 aliphatic heterocycles. The number of nitrogens with zero attached hydrogens (tertiary/aromatic N) is 1. The standard InChI is InChI=1S/C16H28N2O6/c1-14(2)7-12(15(3,4)18(14)21)23-13(20)17-8-10(19)11-9-22-16(5,6)24-11/h7,10-11,19,21H,8-9H2,1-6H3,(H,17,20). The average Bonchev–Trinajstić information content (AvgIpc) is 2.88. The van der Waals surface area contributed by atoms with E-state index in [-0.39, 0.29) is 13.2 Å². The number of aliphatic hydroxyl groups excluding tert-OH is 1. The number of nitrogens with one attached hydrogen (secondary N) is 1. The van der Waals surface area contributed by atoms with Crippen LogP contribution in [-0.4, -0.2) is 63.7 Å². The molecule has 0 aromatic carbocycles. The molecule has 138 valence electrons. The summed E-state index contributed by atoms with van der Waals surface area (Å²) in [5.41, 5.74) is -1.47. The molecule has 1 saturated heterocycles. The highest BCUT2D eigenvalue weighted by Gasteiger charge is 2.47. The molecule has 0 aromatic heterocycles. The highest BCUT2D eigenvalue weighted by Crippen LogP contribution is 2.38. The molecular weight excluding hydrogens is 316 g/mol. The molecule has 0 aliphatic carbocycles. The maximum Gasteiger partial charge on any atom is 0.412 e. The minimum atomic E-state index is -0.907. The topological polar surface area (TPSA) is 100 Å². The molecule has 0 spiro atoms. The Kier molecular flexibility index (Phi) is 5.00. The predicted octanol–water partition coefficient (Wildman–Crippen LogP) is 1.37. The third-order valence-electron chi connectivity index (χ3n) is 4.28. The van der Waals surface area contributed by atoms with Crippen LogP contribution < -0.4 is 5.32 Å². The fraction of sp³-hybridized carbons (Fsp3) is 0.812. The summed E-state index contributed by atoms with van der Waals surface area (Å²) in [6.07, 6.45) is -0.415. The first-order chi connectivity index (χ1) is 10.8. The number of hydrogen-bond acceptors (Lipinski definition) is 7. The van der Waals surface area contributed by atoms with Gasteiger partial charge in [-0.2, -0.15) is 5.06 Å². The summed E-state index contributed by atoms with van der Waals surface area (Å²) < 4.78 is 16.2. The maximum atomic E-state index is 12.0. The highest BCUT2D eigenvalue weighted by atomic mass is 16.7. The van der Waals surface area contributed by atoms with E-state index in [0.29, 0.717) is 5.76 Å². The molecule has 8 nitrogen and oxygen atoms in total.